The summed E-state index contributed by atoms with van der Waals surface area (Å²) in [6.45, 7) is 4.17. The van der Waals surface area contributed by atoms with Gasteiger partial charge in [0.05, 0.1) is 14.2 Å². The van der Waals surface area contributed by atoms with Gasteiger partial charge in [-0.2, -0.15) is 0 Å². The Bertz CT molecular complexity index is 469. The van der Waals surface area contributed by atoms with Gasteiger partial charge in [0.2, 0.25) is 0 Å². The molecule has 0 aliphatic carbocycles. The lowest BCUT2D eigenvalue weighted by Crippen LogP contribution is -2.04. The molecule has 0 fully saturated rings. The lowest BCUT2D eigenvalue weighted by atomic mass is 9.95. The number of hydrogen-bond acceptors (Lipinski definition) is 3. The third-order valence-corrected chi connectivity index (χ3v) is 4.05. The van der Waals surface area contributed by atoms with E-state index in [1.165, 1.54) is 0 Å². The van der Waals surface area contributed by atoms with Crippen molar-refractivity contribution in [1.29, 1.82) is 0 Å². The molecule has 0 aliphatic rings. The van der Waals surface area contributed by atoms with Gasteiger partial charge < -0.3 is 9.47 Å². The summed E-state index contributed by atoms with van der Waals surface area (Å²) < 4.78 is 10.8. The molecule has 0 saturated carbocycles. The highest BCUT2D eigenvalue weighted by Gasteiger charge is 2.17. The van der Waals surface area contributed by atoms with E-state index in [0.29, 0.717) is 12.2 Å². The van der Waals surface area contributed by atoms with Crippen molar-refractivity contribution in [2.24, 2.45) is 0 Å². The zero-order chi connectivity index (χ0) is 15.8. The first-order valence-corrected chi connectivity index (χ1v) is 8.52. The van der Waals surface area contributed by atoms with Gasteiger partial charge in [-0.05, 0) is 30.9 Å². The van der Waals surface area contributed by atoms with Crippen molar-refractivity contribution in [3.8, 4) is 11.5 Å². The van der Waals surface area contributed by atoms with Crippen LogP contribution in [-0.4, -0.2) is 25.3 Å². The number of ether oxygens (including phenoxy) is 2. The van der Waals surface area contributed by atoms with E-state index in [4.69, 9.17) is 9.47 Å². The smallest absolute Gasteiger partial charge is 0.164 e. The second-order valence-corrected chi connectivity index (χ2v) is 6.17. The van der Waals surface area contributed by atoms with Crippen LogP contribution in [0.2, 0.25) is 0 Å². The van der Waals surface area contributed by atoms with Crippen molar-refractivity contribution in [3.05, 3.63) is 23.3 Å². The van der Waals surface area contributed by atoms with Crippen LogP contribution in [0, 0.1) is 0 Å². The number of carbonyl (C=O) groups is 1. The van der Waals surface area contributed by atoms with Gasteiger partial charge in [0, 0.05) is 22.9 Å². The van der Waals surface area contributed by atoms with Gasteiger partial charge in [-0.1, -0.05) is 36.2 Å². The third-order valence-electron chi connectivity index (χ3n) is 3.49. The quantitative estimate of drug-likeness (QED) is 0.356. The van der Waals surface area contributed by atoms with Crippen LogP contribution in [0.5, 0.6) is 11.5 Å². The van der Waals surface area contributed by atoms with Crippen LogP contribution in [0.15, 0.2) is 12.1 Å². The standard InChI is InChI=1S/C17H25BrO3/c1-12(2)14-10-13(11-16(20-3)17(14)21-4)15(19)8-6-5-7-9-18/h10-12H,5-9H2,1-4H3. The Morgan fingerprint density at radius 3 is 2.38 bits per heavy atom. The molecule has 1 aromatic rings. The summed E-state index contributed by atoms with van der Waals surface area (Å²) in [4.78, 5) is 12.3. The number of carbonyl (C=O) groups excluding carboxylic acids is 1. The average Bonchev–Trinajstić information content (AvgIpc) is 2.49. The topological polar surface area (TPSA) is 35.5 Å². The number of methoxy groups -OCH3 is 2. The Labute approximate surface area is 136 Å². The van der Waals surface area contributed by atoms with Crippen molar-refractivity contribution >= 4 is 21.7 Å². The molecule has 21 heavy (non-hydrogen) atoms. The molecule has 1 rings (SSSR count). The van der Waals surface area contributed by atoms with Gasteiger partial charge >= 0.3 is 0 Å². The summed E-state index contributed by atoms with van der Waals surface area (Å²) in [5.74, 6) is 1.80. The maximum atomic E-state index is 12.3. The zero-order valence-electron chi connectivity index (χ0n) is 13.4. The highest BCUT2D eigenvalue weighted by atomic mass is 79.9. The van der Waals surface area contributed by atoms with Crippen LogP contribution < -0.4 is 9.47 Å². The molecule has 0 aliphatic heterocycles. The fraction of sp³-hybridized carbons (Fsp3) is 0.588. The van der Waals surface area contributed by atoms with Crippen LogP contribution in [-0.2, 0) is 0 Å². The van der Waals surface area contributed by atoms with Gasteiger partial charge in [0.1, 0.15) is 0 Å². The number of alkyl halides is 1. The van der Waals surface area contributed by atoms with E-state index in [1.807, 2.05) is 6.07 Å². The molecule has 0 aromatic heterocycles. The number of ketones is 1. The number of halogens is 1. The summed E-state index contributed by atoms with van der Waals surface area (Å²) in [5, 5.41) is 0.995. The van der Waals surface area contributed by atoms with Crippen LogP contribution in [0.1, 0.15) is 61.4 Å². The van der Waals surface area contributed by atoms with Crippen molar-refractivity contribution in [2.45, 2.75) is 45.4 Å². The Hall–Kier alpha value is -1.03. The fourth-order valence-corrected chi connectivity index (χ4v) is 2.68. The van der Waals surface area contributed by atoms with E-state index in [1.54, 1.807) is 20.3 Å². The van der Waals surface area contributed by atoms with E-state index in [2.05, 4.69) is 29.8 Å². The molecule has 3 nitrogen and oxygen atoms in total. The Morgan fingerprint density at radius 1 is 1.14 bits per heavy atom. The summed E-state index contributed by atoms with van der Waals surface area (Å²) in [6, 6.07) is 3.73. The first-order chi connectivity index (χ1) is 10.0. The van der Waals surface area contributed by atoms with E-state index in [0.717, 1.165) is 41.5 Å². The number of Topliss-reactive ketones (excluding diaryl/α,β-unsaturated/α-hetero) is 1. The van der Waals surface area contributed by atoms with Crippen LogP contribution >= 0.6 is 15.9 Å². The van der Waals surface area contributed by atoms with Gasteiger partial charge in [-0.15, -0.1) is 0 Å². The molecule has 0 spiro atoms. The van der Waals surface area contributed by atoms with E-state index < -0.39 is 0 Å². The van der Waals surface area contributed by atoms with Crippen LogP contribution in [0.3, 0.4) is 0 Å². The van der Waals surface area contributed by atoms with Crippen LogP contribution in [0.25, 0.3) is 0 Å². The van der Waals surface area contributed by atoms with Crippen LogP contribution in [0.4, 0.5) is 0 Å². The second-order valence-electron chi connectivity index (χ2n) is 5.38. The largest absolute Gasteiger partial charge is 0.493 e. The molecule has 0 unspecified atom stereocenters. The average molecular weight is 357 g/mol. The predicted molar refractivity (Wildman–Crippen MR) is 90.2 cm³/mol. The molecular formula is C17H25BrO3. The summed E-state index contributed by atoms with van der Waals surface area (Å²) in [5.41, 5.74) is 1.73. The first-order valence-electron chi connectivity index (χ1n) is 7.40. The number of unbranched alkanes of at least 4 members (excludes halogenated alkanes) is 2. The number of rotatable bonds is 9. The third kappa shape index (κ3) is 5.03. The maximum Gasteiger partial charge on any atom is 0.164 e. The molecule has 0 radical (unpaired) electrons. The minimum Gasteiger partial charge on any atom is -0.493 e. The minimum absolute atomic E-state index is 0.174. The first kappa shape index (κ1) is 18.0. The number of benzene rings is 1. The molecule has 0 bridgehead atoms. The molecule has 4 heteroatoms. The predicted octanol–water partition coefficient (Wildman–Crippen LogP) is 4.97. The van der Waals surface area contributed by atoms with Gasteiger partial charge in [0.25, 0.3) is 0 Å². The second kappa shape index (κ2) is 9.08. The van der Waals surface area contributed by atoms with Crippen molar-refractivity contribution in [2.75, 3.05) is 19.5 Å². The maximum absolute atomic E-state index is 12.3. The lowest BCUT2D eigenvalue weighted by Gasteiger charge is -2.17. The van der Waals surface area contributed by atoms with E-state index in [9.17, 15) is 4.79 Å². The van der Waals surface area contributed by atoms with Crippen molar-refractivity contribution in [1.82, 2.24) is 0 Å². The Balaban J connectivity index is 2.97. The minimum atomic E-state index is 0.174. The monoisotopic (exact) mass is 356 g/mol. The lowest BCUT2D eigenvalue weighted by molar-refractivity contribution is 0.0979. The summed E-state index contributed by atoms with van der Waals surface area (Å²) in [6.07, 6.45) is 3.69. The Kier molecular flexibility index (Phi) is 7.79. The van der Waals surface area contributed by atoms with Gasteiger partial charge in [-0.3, -0.25) is 4.79 Å². The molecule has 0 amide bonds. The molecular weight excluding hydrogens is 332 g/mol. The number of hydrogen-bond donors (Lipinski definition) is 0. The van der Waals surface area contributed by atoms with E-state index in [-0.39, 0.29) is 11.7 Å². The SMILES string of the molecule is COc1cc(C(=O)CCCCCBr)cc(C(C)C)c1OC. The van der Waals surface area contributed by atoms with E-state index >= 15 is 0 Å². The molecule has 0 saturated heterocycles. The van der Waals surface area contributed by atoms with Gasteiger partial charge in [0.15, 0.2) is 17.3 Å². The molecule has 0 heterocycles. The Morgan fingerprint density at radius 2 is 1.86 bits per heavy atom. The highest BCUT2D eigenvalue weighted by Crippen LogP contribution is 2.37. The van der Waals surface area contributed by atoms with Crippen molar-refractivity contribution < 1.29 is 14.3 Å². The summed E-state index contributed by atoms with van der Waals surface area (Å²) >= 11 is 3.41. The zero-order valence-corrected chi connectivity index (χ0v) is 15.0. The molecule has 0 atom stereocenters. The fourth-order valence-electron chi connectivity index (χ4n) is 2.28. The summed E-state index contributed by atoms with van der Waals surface area (Å²) in [7, 11) is 3.23. The van der Waals surface area contributed by atoms with Crippen molar-refractivity contribution in [3.63, 3.8) is 0 Å². The van der Waals surface area contributed by atoms with Gasteiger partial charge in [-0.25, -0.2) is 0 Å². The normalized spacial score (nSPS) is 10.8. The molecule has 118 valence electrons. The molecule has 0 N–H and O–H groups in total. The molecule has 1 aromatic carbocycles. The highest BCUT2D eigenvalue weighted by molar-refractivity contribution is 9.09.